The molecule has 1 aliphatic rings. The van der Waals surface area contributed by atoms with E-state index in [-0.39, 0.29) is 16.5 Å². The number of benzene rings is 2. The third kappa shape index (κ3) is 3.00. The van der Waals surface area contributed by atoms with Crippen molar-refractivity contribution in [2.24, 2.45) is 0 Å². The molecule has 27 heavy (non-hydrogen) atoms. The van der Waals surface area contributed by atoms with E-state index in [1.165, 1.54) is 12.1 Å². The SMILES string of the molecule is CS(=O)(=O)c1ccc2c(c1)nc1n2C[C@H]([NH3+])[C@@H](c2cc(F)c(F)cc2F)C1. The molecule has 0 radical (unpaired) electrons. The van der Waals surface area contributed by atoms with Gasteiger partial charge in [0.1, 0.15) is 17.7 Å². The molecule has 1 aliphatic heterocycles. The minimum Gasteiger partial charge on any atom is -0.353 e. The average Bonchev–Trinajstić information content (AvgIpc) is 2.93. The molecule has 9 heteroatoms. The van der Waals surface area contributed by atoms with Gasteiger partial charge in [0.15, 0.2) is 21.5 Å². The summed E-state index contributed by atoms with van der Waals surface area (Å²) in [6.07, 6.45) is 1.41. The van der Waals surface area contributed by atoms with E-state index < -0.39 is 33.2 Å². The van der Waals surface area contributed by atoms with E-state index in [9.17, 15) is 21.6 Å². The highest BCUT2D eigenvalue weighted by molar-refractivity contribution is 7.90. The molecule has 3 aromatic rings. The molecule has 2 heterocycles. The molecule has 0 unspecified atom stereocenters. The molecule has 0 bridgehead atoms. The van der Waals surface area contributed by atoms with Gasteiger partial charge in [0.2, 0.25) is 0 Å². The summed E-state index contributed by atoms with van der Waals surface area (Å²) in [5.41, 5.74) is 5.42. The molecule has 0 saturated carbocycles. The fourth-order valence-electron chi connectivity index (χ4n) is 3.66. The number of aromatic nitrogens is 2. The van der Waals surface area contributed by atoms with Crippen LogP contribution in [0.1, 0.15) is 17.3 Å². The molecular weight excluding hydrogens is 379 g/mol. The Morgan fingerprint density at radius 1 is 1.11 bits per heavy atom. The van der Waals surface area contributed by atoms with Gasteiger partial charge in [-0.3, -0.25) is 0 Å². The molecule has 2 aromatic carbocycles. The van der Waals surface area contributed by atoms with Crippen LogP contribution in [0.4, 0.5) is 13.2 Å². The number of nitrogens with zero attached hydrogens (tertiary/aromatic N) is 2. The predicted octanol–water partition coefficient (Wildman–Crippen LogP) is 1.81. The summed E-state index contributed by atoms with van der Waals surface area (Å²) >= 11 is 0. The summed E-state index contributed by atoms with van der Waals surface area (Å²) in [5.74, 6) is -2.97. The van der Waals surface area contributed by atoms with E-state index in [0.29, 0.717) is 30.4 Å². The van der Waals surface area contributed by atoms with Gasteiger partial charge in [-0.15, -0.1) is 0 Å². The van der Waals surface area contributed by atoms with Crippen molar-refractivity contribution in [2.45, 2.75) is 29.8 Å². The Morgan fingerprint density at radius 3 is 2.52 bits per heavy atom. The van der Waals surface area contributed by atoms with Crippen LogP contribution in [0, 0.1) is 17.5 Å². The first-order valence-electron chi connectivity index (χ1n) is 8.32. The van der Waals surface area contributed by atoms with E-state index in [1.54, 1.807) is 6.07 Å². The van der Waals surface area contributed by atoms with Gasteiger partial charge in [-0.1, -0.05) is 0 Å². The highest BCUT2D eigenvalue weighted by atomic mass is 32.2. The molecule has 0 aliphatic carbocycles. The highest BCUT2D eigenvalue weighted by Crippen LogP contribution is 2.33. The van der Waals surface area contributed by atoms with Crippen LogP contribution in [0.2, 0.25) is 0 Å². The topological polar surface area (TPSA) is 79.6 Å². The molecule has 4 rings (SSSR count). The van der Waals surface area contributed by atoms with Crippen molar-refractivity contribution in [1.82, 2.24) is 9.55 Å². The zero-order valence-electron chi connectivity index (χ0n) is 14.4. The second-order valence-electron chi connectivity index (χ2n) is 6.92. The third-order valence-corrected chi connectivity index (χ3v) is 6.16. The summed E-state index contributed by atoms with van der Waals surface area (Å²) in [6, 6.07) is 5.85. The summed E-state index contributed by atoms with van der Waals surface area (Å²) in [7, 11) is -3.36. The van der Waals surface area contributed by atoms with Gasteiger partial charge in [0.25, 0.3) is 0 Å². The number of rotatable bonds is 2. The third-order valence-electron chi connectivity index (χ3n) is 5.05. The van der Waals surface area contributed by atoms with E-state index in [4.69, 9.17) is 0 Å². The molecule has 1 aromatic heterocycles. The molecular formula is C18H17F3N3O2S+. The van der Waals surface area contributed by atoms with Crippen molar-refractivity contribution in [3.8, 4) is 0 Å². The van der Waals surface area contributed by atoms with Gasteiger partial charge in [0.05, 0.1) is 22.5 Å². The van der Waals surface area contributed by atoms with Crippen LogP contribution in [0.3, 0.4) is 0 Å². The Morgan fingerprint density at radius 2 is 1.81 bits per heavy atom. The highest BCUT2D eigenvalue weighted by Gasteiger charge is 2.34. The average molecular weight is 396 g/mol. The van der Waals surface area contributed by atoms with Gasteiger partial charge in [-0.05, 0) is 24.3 Å². The van der Waals surface area contributed by atoms with Gasteiger partial charge in [-0.2, -0.15) is 0 Å². The van der Waals surface area contributed by atoms with Crippen LogP contribution in [0.15, 0.2) is 35.2 Å². The van der Waals surface area contributed by atoms with Gasteiger partial charge in [0, 0.05) is 30.2 Å². The fourth-order valence-corrected chi connectivity index (χ4v) is 4.30. The standard InChI is InChI=1S/C18H16F3N3O2S/c1-27(25,26)9-2-3-17-16(4-9)23-18-6-11(15(22)8-24(17)18)10-5-13(20)14(21)7-12(10)19/h2-5,7,11,15H,6,8,22H2,1H3/p+1/t11-,15+/m1/s1. The maximum Gasteiger partial charge on any atom is 0.175 e. The predicted molar refractivity (Wildman–Crippen MR) is 92.3 cm³/mol. The minimum atomic E-state index is -3.36. The maximum absolute atomic E-state index is 14.2. The smallest absolute Gasteiger partial charge is 0.175 e. The number of hydrogen-bond acceptors (Lipinski definition) is 3. The molecule has 2 atom stereocenters. The lowest BCUT2D eigenvalue weighted by Gasteiger charge is -2.28. The second kappa shape index (κ2) is 6.07. The number of hydrogen-bond donors (Lipinski definition) is 1. The van der Waals surface area contributed by atoms with Crippen molar-refractivity contribution in [3.05, 3.63) is 59.2 Å². The van der Waals surface area contributed by atoms with Crippen molar-refractivity contribution >= 4 is 20.9 Å². The Bertz CT molecular complexity index is 1170. The molecule has 0 fully saturated rings. The lowest BCUT2D eigenvalue weighted by atomic mass is 9.86. The van der Waals surface area contributed by atoms with Crippen LogP contribution in [0.5, 0.6) is 0 Å². The summed E-state index contributed by atoms with van der Waals surface area (Å²) in [4.78, 5) is 4.65. The number of imidazole rings is 1. The van der Waals surface area contributed by atoms with Crippen LogP contribution < -0.4 is 5.73 Å². The summed E-state index contributed by atoms with van der Waals surface area (Å²) < 4.78 is 66.5. The van der Waals surface area contributed by atoms with Crippen LogP contribution in [0.25, 0.3) is 11.0 Å². The quantitative estimate of drug-likeness (QED) is 0.671. The fraction of sp³-hybridized carbons (Fsp3) is 0.278. The van der Waals surface area contributed by atoms with Crippen molar-refractivity contribution < 1.29 is 27.3 Å². The van der Waals surface area contributed by atoms with E-state index in [2.05, 4.69) is 10.7 Å². The van der Waals surface area contributed by atoms with Crippen LogP contribution >= 0.6 is 0 Å². The molecule has 0 amide bonds. The molecule has 3 N–H and O–H groups in total. The van der Waals surface area contributed by atoms with Crippen molar-refractivity contribution in [3.63, 3.8) is 0 Å². The van der Waals surface area contributed by atoms with Crippen LogP contribution in [-0.4, -0.2) is 30.3 Å². The van der Waals surface area contributed by atoms with Gasteiger partial charge in [-0.25, -0.2) is 26.6 Å². The molecule has 0 saturated heterocycles. The van der Waals surface area contributed by atoms with E-state index in [0.717, 1.165) is 17.8 Å². The lowest BCUT2D eigenvalue weighted by Crippen LogP contribution is -2.67. The zero-order chi connectivity index (χ0) is 19.5. The Labute approximate surface area is 153 Å². The van der Waals surface area contributed by atoms with E-state index in [1.807, 2.05) is 4.57 Å². The van der Waals surface area contributed by atoms with Gasteiger partial charge >= 0.3 is 0 Å². The number of sulfone groups is 1. The first kappa shape index (κ1) is 18.0. The molecule has 142 valence electrons. The number of quaternary nitrogens is 1. The summed E-state index contributed by atoms with van der Waals surface area (Å²) in [6.45, 7) is 0.410. The summed E-state index contributed by atoms with van der Waals surface area (Å²) in [5, 5.41) is 0. The number of halogens is 3. The molecule has 5 nitrogen and oxygen atoms in total. The van der Waals surface area contributed by atoms with Crippen molar-refractivity contribution in [2.75, 3.05) is 6.26 Å². The second-order valence-corrected chi connectivity index (χ2v) is 8.94. The monoisotopic (exact) mass is 396 g/mol. The number of fused-ring (bicyclic) bond motifs is 3. The largest absolute Gasteiger partial charge is 0.353 e. The Balaban J connectivity index is 1.79. The zero-order valence-corrected chi connectivity index (χ0v) is 15.2. The van der Waals surface area contributed by atoms with E-state index >= 15 is 0 Å². The normalized spacial score (nSPS) is 20.0. The lowest BCUT2D eigenvalue weighted by molar-refractivity contribution is -0.430. The molecule has 0 spiro atoms. The first-order chi connectivity index (χ1) is 12.6. The first-order valence-corrected chi connectivity index (χ1v) is 10.2. The Hall–Kier alpha value is -2.39. The maximum atomic E-state index is 14.2. The Kier molecular flexibility index (Phi) is 4.04. The minimum absolute atomic E-state index is 0.0732. The van der Waals surface area contributed by atoms with Gasteiger partial charge < -0.3 is 10.3 Å². The van der Waals surface area contributed by atoms with Crippen LogP contribution in [-0.2, 0) is 22.8 Å². The van der Waals surface area contributed by atoms with Crippen molar-refractivity contribution in [1.29, 1.82) is 0 Å².